The van der Waals surface area contributed by atoms with Crippen LogP contribution in [0.3, 0.4) is 0 Å². The molecule has 0 aliphatic heterocycles. The van der Waals surface area contributed by atoms with Crippen molar-refractivity contribution in [2.24, 2.45) is 0 Å². The van der Waals surface area contributed by atoms with Crippen LogP contribution in [0.25, 0.3) is 0 Å². The largest absolute Gasteiger partial charge is 0.312 e. The molecule has 0 heterocycles. The molecule has 3 nitrogen and oxygen atoms in total. The number of carbonyl (C=O) groups excluding carboxylic acids is 2. The molecule has 64 valence electrons. The Labute approximate surface area is 71.1 Å². The molecular formula is C9H11NO2. The summed E-state index contributed by atoms with van der Waals surface area (Å²) < 4.78 is 0. The van der Waals surface area contributed by atoms with E-state index in [1.165, 1.54) is 0 Å². The molecule has 3 heteroatoms. The van der Waals surface area contributed by atoms with Crippen LogP contribution in [0.4, 0.5) is 0 Å². The van der Waals surface area contributed by atoms with E-state index in [1.807, 2.05) is 11.9 Å². The van der Waals surface area contributed by atoms with E-state index in [-0.39, 0.29) is 6.04 Å². The Morgan fingerprint density at radius 2 is 2.08 bits per heavy atom. The third kappa shape index (κ3) is 1.72. The van der Waals surface area contributed by atoms with Crippen LogP contribution in [-0.2, 0) is 9.59 Å². The second kappa shape index (κ2) is 4.03. The van der Waals surface area contributed by atoms with E-state index in [0.717, 1.165) is 11.1 Å². The van der Waals surface area contributed by atoms with Gasteiger partial charge in [-0.15, -0.1) is 0 Å². The van der Waals surface area contributed by atoms with E-state index in [4.69, 9.17) is 0 Å². The van der Waals surface area contributed by atoms with Crippen molar-refractivity contribution in [3.8, 4) is 0 Å². The maximum Gasteiger partial charge on any atom is 0.125 e. The highest BCUT2D eigenvalue weighted by Crippen LogP contribution is 2.24. The Bertz CT molecular complexity index is 270. The molecule has 1 N–H and O–H groups in total. The molecule has 0 saturated heterocycles. The molecule has 0 spiro atoms. The van der Waals surface area contributed by atoms with Crippen LogP contribution in [0.2, 0.25) is 0 Å². The van der Waals surface area contributed by atoms with Crippen molar-refractivity contribution < 1.29 is 9.59 Å². The number of hydrogen-bond acceptors (Lipinski definition) is 3. The van der Waals surface area contributed by atoms with Crippen molar-refractivity contribution in [3.63, 3.8) is 0 Å². The number of nitrogens with one attached hydrogen (secondary N) is 1. The van der Waals surface area contributed by atoms with Crippen molar-refractivity contribution in [3.05, 3.63) is 11.1 Å². The molecule has 12 heavy (non-hydrogen) atoms. The first-order valence-electron chi connectivity index (χ1n) is 3.95. The lowest BCUT2D eigenvalue weighted by atomic mass is 9.88. The number of hydrogen-bond donors (Lipinski definition) is 1. The summed E-state index contributed by atoms with van der Waals surface area (Å²) >= 11 is 0. The van der Waals surface area contributed by atoms with Gasteiger partial charge in [0.25, 0.3) is 0 Å². The van der Waals surface area contributed by atoms with Gasteiger partial charge in [0.15, 0.2) is 0 Å². The van der Waals surface area contributed by atoms with Gasteiger partial charge in [-0.3, -0.25) is 0 Å². The summed E-state index contributed by atoms with van der Waals surface area (Å²) in [6, 6.07) is -0.00676. The topological polar surface area (TPSA) is 46.2 Å². The zero-order valence-electron chi connectivity index (χ0n) is 7.02. The lowest BCUT2D eigenvalue weighted by Crippen LogP contribution is -2.31. The molecular weight excluding hydrogens is 154 g/mol. The van der Waals surface area contributed by atoms with Crippen LogP contribution < -0.4 is 5.32 Å². The third-order valence-electron chi connectivity index (χ3n) is 2.19. The van der Waals surface area contributed by atoms with Gasteiger partial charge < -0.3 is 5.32 Å². The molecule has 0 aromatic rings. The van der Waals surface area contributed by atoms with E-state index in [2.05, 4.69) is 5.32 Å². The normalized spacial score (nSPS) is 23.2. The third-order valence-corrected chi connectivity index (χ3v) is 2.19. The van der Waals surface area contributed by atoms with Crippen LogP contribution in [0.1, 0.15) is 19.3 Å². The quantitative estimate of drug-likeness (QED) is 0.567. The van der Waals surface area contributed by atoms with Gasteiger partial charge >= 0.3 is 0 Å². The summed E-state index contributed by atoms with van der Waals surface area (Å²) in [5.41, 5.74) is 1.49. The molecule has 1 aliphatic rings. The zero-order valence-corrected chi connectivity index (χ0v) is 7.02. The van der Waals surface area contributed by atoms with Crippen LogP contribution in [0.15, 0.2) is 11.1 Å². The first kappa shape index (κ1) is 8.95. The Morgan fingerprint density at radius 3 is 2.58 bits per heavy atom. The van der Waals surface area contributed by atoms with Crippen molar-refractivity contribution in [2.45, 2.75) is 25.3 Å². The van der Waals surface area contributed by atoms with Crippen LogP contribution >= 0.6 is 0 Å². The lowest BCUT2D eigenvalue weighted by molar-refractivity contribution is 0.528. The summed E-state index contributed by atoms with van der Waals surface area (Å²) in [5, 5.41) is 2.97. The highest BCUT2D eigenvalue weighted by Gasteiger charge is 2.21. The van der Waals surface area contributed by atoms with Gasteiger partial charge in [-0.05, 0) is 26.3 Å². The van der Waals surface area contributed by atoms with Gasteiger partial charge in [0.1, 0.15) is 11.9 Å². The van der Waals surface area contributed by atoms with E-state index < -0.39 is 0 Å². The average molecular weight is 165 g/mol. The van der Waals surface area contributed by atoms with Gasteiger partial charge in [0, 0.05) is 17.2 Å². The van der Waals surface area contributed by atoms with E-state index >= 15 is 0 Å². The summed E-state index contributed by atoms with van der Waals surface area (Å²) in [7, 11) is 1.77. The summed E-state index contributed by atoms with van der Waals surface area (Å²) in [6.45, 7) is 0. The second-order valence-corrected chi connectivity index (χ2v) is 2.88. The monoisotopic (exact) mass is 165 g/mol. The maximum absolute atomic E-state index is 10.4. The van der Waals surface area contributed by atoms with Crippen molar-refractivity contribution in [1.82, 2.24) is 5.32 Å². The fraction of sp³-hybridized carbons (Fsp3) is 0.556. The molecule has 1 fully saturated rings. The molecule has 0 aromatic carbocycles. The number of rotatable bonds is 1. The first-order valence-corrected chi connectivity index (χ1v) is 3.95. The Kier molecular flexibility index (Phi) is 3.01. The molecule has 1 saturated carbocycles. The van der Waals surface area contributed by atoms with Crippen LogP contribution in [0.5, 0.6) is 0 Å². The SMILES string of the molecule is CNC1CC(=C=O)CCC1=C=O. The van der Waals surface area contributed by atoms with Gasteiger partial charge in [0.05, 0.1) is 0 Å². The molecule has 0 aromatic heterocycles. The van der Waals surface area contributed by atoms with Gasteiger partial charge in [0.2, 0.25) is 0 Å². The molecule has 1 atom stereocenters. The van der Waals surface area contributed by atoms with Crippen LogP contribution in [0, 0.1) is 0 Å². The molecule has 1 unspecified atom stereocenters. The van der Waals surface area contributed by atoms with Gasteiger partial charge in [-0.2, -0.15) is 0 Å². The predicted octanol–water partition coefficient (Wildman–Crippen LogP) is 0.274. The standard InChI is InChI=1S/C9H11NO2/c1-10-9-4-7(5-11)2-3-8(9)6-12/h9-10H,2-4H2,1H3. The minimum atomic E-state index is -0.00676. The highest BCUT2D eigenvalue weighted by atomic mass is 16.1. The Hall–Kier alpha value is -1.14. The van der Waals surface area contributed by atoms with Crippen molar-refractivity contribution >= 4 is 11.9 Å². The first-order chi connectivity index (χ1) is 5.81. The minimum absolute atomic E-state index is 0.00676. The molecule has 1 aliphatic carbocycles. The number of likely N-dealkylation sites (N-methyl/N-ethyl adjacent to an activating group) is 1. The fourth-order valence-corrected chi connectivity index (χ4v) is 1.42. The Balaban J connectivity index is 2.79. The lowest BCUT2D eigenvalue weighted by Gasteiger charge is -2.22. The van der Waals surface area contributed by atoms with Crippen molar-refractivity contribution in [1.29, 1.82) is 0 Å². The molecule has 0 radical (unpaired) electrons. The highest BCUT2D eigenvalue weighted by molar-refractivity contribution is 5.60. The summed E-state index contributed by atoms with van der Waals surface area (Å²) in [5.74, 6) is 3.81. The van der Waals surface area contributed by atoms with Crippen molar-refractivity contribution in [2.75, 3.05) is 7.05 Å². The summed E-state index contributed by atoms with van der Waals surface area (Å²) in [6.07, 6.45) is 1.90. The second-order valence-electron chi connectivity index (χ2n) is 2.88. The van der Waals surface area contributed by atoms with Crippen LogP contribution in [-0.4, -0.2) is 25.0 Å². The Morgan fingerprint density at radius 1 is 1.33 bits per heavy atom. The van der Waals surface area contributed by atoms with Gasteiger partial charge in [-0.25, -0.2) is 9.59 Å². The summed E-state index contributed by atoms with van der Waals surface area (Å²) in [4.78, 5) is 20.7. The molecule has 0 amide bonds. The van der Waals surface area contributed by atoms with E-state index in [9.17, 15) is 9.59 Å². The van der Waals surface area contributed by atoms with E-state index in [0.29, 0.717) is 19.3 Å². The minimum Gasteiger partial charge on any atom is -0.312 e. The maximum atomic E-state index is 10.4. The fourth-order valence-electron chi connectivity index (χ4n) is 1.42. The predicted molar refractivity (Wildman–Crippen MR) is 45.1 cm³/mol. The molecule has 1 rings (SSSR count). The molecule has 0 bridgehead atoms. The zero-order chi connectivity index (χ0) is 8.97. The van der Waals surface area contributed by atoms with Gasteiger partial charge in [-0.1, -0.05) is 0 Å². The van der Waals surface area contributed by atoms with E-state index in [1.54, 1.807) is 7.05 Å². The smallest absolute Gasteiger partial charge is 0.125 e. The average Bonchev–Trinajstić information content (AvgIpc) is 2.16.